The SMILES string of the molecule is Cn1c(-c2ccc(Cl)cc2)c(CCC(=O)N2CCNCC2)c2cc(Cl)ccc21. The molecule has 4 rings (SSSR count). The molecule has 1 aliphatic heterocycles. The van der Waals surface area contributed by atoms with Crippen LogP contribution in [0.15, 0.2) is 42.5 Å². The quantitative estimate of drug-likeness (QED) is 0.679. The maximum Gasteiger partial charge on any atom is 0.222 e. The third-order valence-corrected chi connectivity index (χ3v) is 5.93. The number of rotatable bonds is 4. The van der Waals surface area contributed by atoms with E-state index >= 15 is 0 Å². The molecular formula is C22H23Cl2N3O. The van der Waals surface area contributed by atoms with Gasteiger partial charge in [-0.3, -0.25) is 4.79 Å². The number of halogens is 2. The zero-order valence-electron chi connectivity index (χ0n) is 15.8. The molecule has 146 valence electrons. The number of hydrogen-bond acceptors (Lipinski definition) is 2. The highest BCUT2D eigenvalue weighted by molar-refractivity contribution is 6.31. The van der Waals surface area contributed by atoms with Gasteiger partial charge in [0.25, 0.3) is 0 Å². The van der Waals surface area contributed by atoms with Crippen molar-refractivity contribution in [3.63, 3.8) is 0 Å². The second-order valence-corrected chi connectivity index (χ2v) is 8.06. The average molecular weight is 416 g/mol. The Kier molecular flexibility index (Phi) is 5.63. The van der Waals surface area contributed by atoms with Crippen LogP contribution in [-0.2, 0) is 18.3 Å². The summed E-state index contributed by atoms with van der Waals surface area (Å²) in [6.45, 7) is 3.30. The molecular weight excluding hydrogens is 393 g/mol. The molecule has 0 spiro atoms. The summed E-state index contributed by atoms with van der Waals surface area (Å²) in [6, 6.07) is 13.8. The van der Waals surface area contributed by atoms with Crippen LogP contribution in [0.3, 0.4) is 0 Å². The number of aryl methyl sites for hydroxylation is 2. The van der Waals surface area contributed by atoms with E-state index in [-0.39, 0.29) is 5.91 Å². The first kappa shape index (κ1) is 19.3. The van der Waals surface area contributed by atoms with Crippen LogP contribution in [0.5, 0.6) is 0 Å². The first-order valence-electron chi connectivity index (χ1n) is 9.56. The summed E-state index contributed by atoms with van der Waals surface area (Å²) in [5.41, 5.74) is 4.47. The molecule has 28 heavy (non-hydrogen) atoms. The lowest BCUT2D eigenvalue weighted by molar-refractivity contribution is -0.131. The molecule has 1 amide bonds. The number of carbonyl (C=O) groups is 1. The number of nitrogens with zero attached hydrogens (tertiary/aromatic N) is 2. The largest absolute Gasteiger partial charge is 0.343 e. The van der Waals surface area contributed by atoms with Gasteiger partial charge in [0, 0.05) is 60.6 Å². The smallest absolute Gasteiger partial charge is 0.222 e. The Bertz CT molecular complexity index is 1000. The zero-order chi connectivity index (χ0) is 19.7. The molecule has 0 aliphatic carbocycles. The van der Waals surface area contributed by atoms with Crippen LogP contribution in [0, 0.1) is 0 Å². The lowest BCUT2D eigenvalue weighted by atomic mass is 10.0. The number of carbonyl (C=O) groups excluding carboxylic acids is 1. The van der Waals surface area contributed by atoms with E-state index in [9.17, 15) is 4.79 Å². The van der Waals surface area contributed by atoms with Gasteiger partial charge in [-0.05, 0) is 47.9 Å². The lowest BCUT2D eigenvalue weighted by Gasteiger charge is -2.27. The molecule has 0 atom stereocenters. The van der Waals surface area contributed by atoms with E-state index in [1.54, 1.807) is 0 Å². The van der Waals surface area contributed by atoms with Gasteiger partial charge in [0.15, 0.2) is 0 Å². The molecule has 6 heteroatoms. The summed E-state index contributed by atoms with van der Waals surface area (Å²) in [7, 11) is 2.06. The number of aromatic nitrogens is 1. The van der Waals surface area contributed by atoms with Crippen molar-refractivity contribution in [1.82, 2.24) is 14.8 Å². The first-order valence-corrected chi connectivity index (χ1v) is 10.3. The van der Waals surface area contributed by atoms with Crippen molar-refractivity contribution in [2.45, 2.75) is 12.8 Å². The summed E-state index contributed by atoms with van der Waals surface area (Å²) in [5, 5.41) is 5.81. The van der Waals surface area contributed by atoms with Crippen LogP contribution in [-0.4, -0.2) is 41.6 Å². The predicted molar refractivity (Wildman–Crippen MR) is 116 cm³/mol. The second-order valence-electron chi connectivity index (χ2n) is 7.19. The van der Waals surface area contributed by atoms with E-state index in [2.05, 4.69) is 16.9 Å². The molecule has 1 aromatic heterocycles. The molecule has 1 N–H and O–H groups in total. The van der Waals surface area contributed by atoms with E-state index in [0.717, 1.165) is 53.9 Å². The lowest BCUT2D eigenvalue weighted by Crippen LogP contribution is -2.46. The summed E-state index contributed by atoms with van der Waals surface area (Å²) >= 11 is 12.4. The van der Waals surface area contributed by atoms with Gasteiger partial charge in [0.1, 0.15) is 0 Å². The van der Waals surface area contributed by atoms with Gasteiger partial charge >= 0.3 is 0 Å². The zero-order valence-corrected chi connectivity index (χ0v) is 17.4. The molecule has 4 nitrogen and oxygen atoms in total. The van der Waals surface area contributed by atoms with Crippen molar-refractivity contribution in [3.05, 3.63) is 58.1 Å². The van der Waals surface area contributed by atoms with Gasteiger partial charge in [-0.25, -0.2) is 0 Å². The predicted octanol–water partition coefficient (Wildman–Crippen LogP) is 4.52. The standard InChI is InChI=1S/C22H23Cl2N3O/c1-26-20-8-6-17(24)14-19(20)18(22(26)15-2-4-16(23)5-3-15)7-9-21(28)27-12-10-25-11-13-27/h2-6,8,14,25H,7,9-13H2,1H3. The number of fused-ring (bicyclic) bond motifs is 1. The minimum atomic E-state index is 0.211. The van der Waals surface area contributed by atoms with Crippen LogP contribution >= 0.6 is 23.2 Å². The Morgan fingerprint density at radius 3 is 2.43 bits per heavy atom. The fourth-order valence-corrected chi connectivity index (χ4v) is 4.32. The highest BCUT2D eigenvalue weighted by Gasteiger charge is 2.20. The van der Waals surface area contributed by atoms with Gasteiger partial charge in [-0.15, -0.1) is 0 Å². The normalized spacial score (nSPS) is 14.6. The van der Waals surface area contributed by atoms with E-state index in [4.69, 9.17) is 23.2 Å². The van der Waals surface area contributed by atoms with Gasteiger partial charge in [-0.2, -0.15) is 0 Å². The van der Waals surface area contributed by atoms with Crippen LogP contribution < -0.4 is 5.32 Å². The van der Waals surface area contributed by atoms with E-state index in [0.29, 0.717) is 22.9 Å². The first-order chi connectivity index (χ1) is 13.5. The van der Waals surface area contributed by atoms with Crippen molar-refractivity contribution >= 4 is 40.0 Å². The molecule has 0 bridgehead atoms. The van der Waals surface area contributed by atoms with Gasteiger partial charge in [-0.1, -0.05) is 35.3 Å². The number of nitrogens with one attached hydrogen (secondary N) is 1. The van der Waals surface area contributed by atoms with E-state index < -0.39 is 0 Å². The monoisotopic (exact) mass is 415 g/mol. The van der Waals surface area contributed by atoms with Crippen LogP contribution in [0.2, 0.25) is 10.0 Å². The van der Waals surface area contributed by atoms with Crippen LogP contribution in [0.25, 0.3) is 22.2 Å². The molecule has 3 aromatic rings. The maximum atomic E-state index is 12.7. The van der Waals surface area contributed by atoms with Crippen LogP contribution in [0.1, 0.15) is 12.0 Å². The summed E-state index contributed by atoms with van der Waals surface area (Å²) in [5.74, 6) is 0.211. The van der Waals surface area contributed by atoms with Crippen molar-refractivity contribution in [1.29, 1.82) is 0 Å². The van der Waals surface area contributed by atoms with Gasteiger partial charge in [0.2, 0.25) is 5.91 Å². The van der Waals surface area contributed by atoms with Gasteiger partial charge in [0.05, 0.1) is 5.69 Å². The van der Waals surface area contributed by atoms with Crippen LogP contribution in [0.4, 0.5) is 0 Å². The fraction of sp³-hybridized carbons (Fsp3) is 0.318. The molecule has 0 radical (unpaired) electrons. The molecule has 1 saturated heterocycles. The average Bonchev–Trinajstić information content (AvgIpc) is 2.98. The fourth-order valence-electron chi connectivity index (χ4n) is 4.03. The number of piperazine rings is 1. The Morgan fingerprint density at radius 2 is 1.71 bits per heavy atom. The highest BCUT2D eigenvalue weighted by Crippen LogP contribution is 2.35. The molecule has 1 fully saturated rings. The Balaban J connectivity index is 1.72. The highest BCUT2D eigenvalue weighted by atomic mass is 35.5. The molecule has 1 aliphatic rings. The Labute approximate surface area is 175 Å². The number of amides is 1. The molecule has 0 unspecified atom stereocenters. The molecule has 2 aromatic carbocycles. The topological polar surface area (TPSA) is 37.3 Å². The minimum Gasteiger partial charge on any atom is -0.343 e. The van der Waals surface area contributed by atoms with E-state index in [1.807, 2.05) is 47.4 Å². The third kappa shape index (κ3) is 3.77. The van der Waals surface area contributed by atoms with Crippen molar-refractivity contribution in [2.24, 2.45) is 7.05 Å². The minimum absolute atomic E-state index is 0.211. The van der Waals surface area contributed by atoms with Crippen molar-refractivity contribution < 1.29 is 4.79 Å². The number of benzene rings is 2. The summed E-state index contributed by atoms with van der Waals surface area (Å²) < 4.78 is 2.18. The molecule has 2 heterocycles. The molecule has 0 saturated carbocycles. The summed E-state index contributed by atoms with van der Waals surface area (Å²) in [6.07, 6.45) is 1.17. The number of hydrogen-bond donors (Lipinski definition) is 1. The van der Waals surface area contributed by atoms with E-state index in [1.165, 1.54) is 0 Å². The second kappa shape index (κ2) is 8.16. The van der Waals surface area contributed by atoms with Gasteiger partial charge < -0.3 is 14.8 Å². The summed E-state index contributed by atoms with van der Waals surface area (Å²) in [4.78, 5) is 14.7. The Hall–Kier alpha value is -2.01. The van der Waals surface area contributed by atoms with Crippen molar-refractivity contribution in [3.8, 4) is 11.3 Å². The van der Waals surface area contributed by atoms with Crippen molar-refractivity contribution in [2.75, 3.05) is 26.2 Å². The third-order valence-electron chi connectivity index (χ3n) is 5.44. The Morgan fingerprint density at radius 1 is 1.04 bits per heavy atom. The maximum absolute atomic E-state index is 12.7.